The molecule has 1 aliphatic carbocycles. The highest BCUT2D eigenvalue weighted by molar-refractivity contribution is 5.72. The largest absolute Gasteiger partial charge is 0.469 e. The van der Waals surface area contributed by atoms with Gasteiger partial charge >= 0.3 is 5.97 Å². The molecule has 0 amide bonds. The summed E-state index contributed by atoms with van der Waals surface area (Å²) in [6, 6.07) is 0.691. The van der Waals surface area contributed by atoms with Crippen molar-refractivity contribution in [1.29, 1.82) is 0 Å². The van der Waals surface area contributed by atoms with E-state index >= 15 is 0 Å². The van der Waals surface area contributed by atoms with Crippen LogP contribution in [0.2, 0.25) is 0 Å². The van der Waals surface area contributed by atoms with Crippen LogP contribution in [0.1, 0.15) is 52.9 Å². The summed E-state index contributed by atoms with van der Waals surface area (Å²) >= 11 is 0. The van der Waals surface area contributed by atoms with E-state index in [-0.39, 0.29) is 11.9 Å². The molecule has 0 aromatic heterocycles. The Kier molecular flexibility index (Phi) is 6.69. The molecule has 0 spiro atoms. The molecule has 3 heteroatoms. The van der Waals surface area contributed by atoms with Crippen molar-refractivity contribution in [3.8, 4) is 0 Å². The van der Waals surface area contributed by atoms with Crippen molar-refractivity contribution in [1.82, 2.24) is 4.90 Å². The fraction of sp³-hybridized carbons (Fsp3) is 0.933. The van der Waals surface area contributed by atoms with E-state index in [4.69, 9.17) is 4.74 Å². The van der Waals surface area contributed by atoms with Gasteiger partial charge in [-0.3, -0.25) is 9.69 Å². The lowest BCUT2D eigenvalue weighted by atomic mass is 10.1. The third kappa shape index (κ3) is 4.97. The lowest BCUT2D eigenvalue weighted by Gasteiger charge is -2.31. The van der Waals surface area contributed by atoms with E-state index in [2.05, 4.69) is 18.7 Å². The van der Waals surface area contributed by atoms with Gasteiger partial charge < -0.3 is 4.74 Å². The molecule has 3 nitrogen and oxygen atoms in total. The minimum absolute atomic E-state index is 0.0113. The van der Waals surface area contributed by atoms with Gasteiger partial charge in [0.05, 0.1) is 13.0 Å². The summed E-state index contributed by atoms with van der Waals surface area (Å²) in [6.07, 6.45) is 6.49. The first-order chi connectivity index (χ1) is 8.54. The Morgan fingerprint density at radius 3 is 2.39 bits per heavy atom. The number of carbonyl (C=O) groups excluding carboxylic acids is 1. The van der Waals surface area contributed by atoms with E-state index in [1.165, 1.54) is 39.2 Å². The van der Waals surface area contributed by atoms with E-state index in [1.807, 2.05) is 6.92 Å². The summed E-state index contributed by atoms with van der Waals surface area (Å²) in [5.74, 6) is 0.632. The van der Waals surface area contributed by atoms with Crippen molar-refractivity contribution >= 4 is 5.97 Å². The molecule has 1 aliphatic rings. The average Bonchev–Trinajstić information content (AvgIpc) is 2.86. The highest BCUT2D eigenvalue weighted by Crippen LogP contribution is 2.25. The molecule has 0 bridgehead atoms. The highest BCUT2D eigenvalue weighted by atomic mass is 16.5. The number of rotatable bonds is 7. The van der Waals surface area contributed by atoms with Gasteiger partial charge in [0.25, 0.3) is 0 Å². The van der Waals surface area contributed by atoms with Gasteiger partial charge in [0, 0.05) is 12.6 Å². The Hall–Kier alpha value is -0.570. The second-order valence-electron chi connectivity index (χ2n) is 6.04. The Morgan fingerprint density at radius 2 is 1.89 bits per heavy atom. The quantitative estimate of drug-likeness (QED) is 0.655. The van der Waals surface area contributed by atoms with Crippen LogP contribution in [0.15, 0.2) is 0 Å². The monoisotopic (exact) mass is 255 g/mol. The summed E-state index contributed by atoms with van der Waals surface area (Å²) in [5.41, 5.74) is 0. The molecule has 1 rings (SSSR count). The summed E-state index contributed by atoms with van der Waals surface area (Å²) in [4.78, 5) is 14.1. The maximum atomic E-state index is 11.6. The Balaban J connectivity index is 2.50. The topological polar surface area (TPSA) is 29.5 Å². The lowest BCUT2D eigenvalue weighted by Crippen LogP contribution is -2.39. The van der Waals surface area contributed by atoms with Crippen LogP contribution in [0.3, 0.4) is 0 Å². The fourth-order valence-electron chi connectivity index (χ4n) is 2.74. The van der Waals surface area contributed by atoms with E-state index in [0.717, 1.165) is 19.0 Å². The van der Waals surface area contributed by atoms with E-state index in [0.29, 0.717) is 6.04 Å². The molecular formula is C15H29NO2. The van der Waals surface area contributed by atoms with E-state index in [9.17, 15) is 4.79 Å². The molecule has 0 saturated heterocycles. The van der Waals surface area contributed by atoms with Crippen LogP contribution >= 0.6 is 0 Å². The van der Waals surface area contributed by atoms with Crippen LogP contribution < -0.4 is 0 Å². The van der Waals surface area contributed by atoms with Crippen molar-refractivity contribution in [2.45, 2.75) is 58.9 Å². The van der Waals surface area contributed by atoms with E-state index < -0.39 is 0 Å². The number of carbonyl (C=O) groups is 1. The normalized spacial score (nSPS) is 18.6. The van der Waals surface area contributed by atoms with Crippen molar-refractivity contribution in [2.75, 3.05) is 20.2 Å². The molecule has 1 saturated carbocycles. The zero-order chi connectivity index (χ0) is 13.5. The number of ether oxygens (including phenoxy) is 1. The Labute approximate surface area is 112 Å². The van der Waals surface area contributed by atoms with Crippen LogP contribution in [0.25, 0.3) is 0 Å². The van der Waals surface area contributed by atoms with E-state index in [1.54, 1.807) is 0 Å². The summed E-state index contributed by atoms with van der Waals surface area (Å²) in [5, 5.41) is 0. The molecule has 1 fully saturated rings. The van der Waals surface area contributed by atoms with Gasteiger partial charge in [0.1, 0.15) is 0 Å². The SMILES string of the molecule is COC(=O)C(C)CN(CCC(C)C)C1CCCC1. The van der Waals surface area contributed by atoms with Crippen molar-refractivity contribution in [3.63, 3.8) is 0 Å². The Bertz CT molecular complexity index is 247. The molecular weight excluding hydrogens is 226 g/mol. The molecule has 106 valence electrons. The van der Waals surface area contributed by atoms with Crippen LogP contribution in [-0.4, -0.2) is 37.1 Å². The maximum Gasteiger partial charge on any atom is 0.309 e. The maximum absolute atomic E-state index is 11.6. The first-order valence-electron chi connectivity index (χ1n) is 7.36. The molecule has 0 aromatic carbocycles. The zero-order valence-corrected chi connectivity index (χ0v) is 12.4. The molecule has 1 unspecified atom stereocenters. The summed E-state index contributed by atoms with van der Waals surface area (Å²) in [7, 11) is 1.48. The van der Waals surface area contributed by atoms with Gasteiger partial charge in [-0.25, -0.2) is 0 Å². The molecule has 0 aliphatic heterocycles. The smallest absolute Gasteiger partial charge is 0.309 e. The van der Waals surface area contributed by atoms with Crippen molar-refractivity contribution in [3.05, 3.63) is 0 Å². The van der Waals surface area contributed by atoms with Crippen LogP contribution in [-0.2, 0) is 9.53 Å². The standard InChI is InChI=1S/C15H29NO2/c1-12(2)9-10-16(14-7-5-6-8-14)11-13(3)15(17)18-4/h12-14H,5-11H2,1-4H3. The van der Waals surface area contributed by atoms with Gasteiger partial charge in [-0.05, 0) is 31.7 Å². The fourth-order valence-corrected chi connectivity index (χ4v) is 2.74. The molecule has 1 atom stereocenters. The number of esters is 1. The first-order valence-corrected chi connectivity index (χ1v) is 7.36. The zero-order valence-electron chi connectivity index (χ0n) is 12.4. The third-order valence-corrected chi connectivity index (χ3v) is 3.95. The molecule has 0 heterocycles. The predicted octanol–water partition coefficient (Wildman–Crippen LogP) is 3.09. The molecule has 0 aromatic rings. The van der Waals surface area contributed by atoms with Crippen molar-refractivity contribution < 1.29 is 9.53 Å². The second kappa shape index (κ2) is 7.78. The number of hydrogen-bond acceptors (Lipinski definition) is 3. The minimum Gasteiger partial charge on any atom is -0.469 e. The minimum atomic E-state index is -0.0810. The van der Waals surface area contributed by atoms with Gasteiger partial charge in [-0.2, -0.15) is 0 Å². The number of hydrogen-bond donors (Lipinski definition) is 0. The first kappa shape index (κ1) is 15.5. The highest BCUT2D eigenvalue weighted by Gasteiger charge is 2.26. The summed E-state index contributed by atoms with van der Waals surface area (Å²) in [6.45, 7) is 8.46. The summed E-state index contributed by atoms with van der Waals surface area (Å²) < 4.78 is 4.84. The third-order valence-electron chi connectivity index (χ3n) is 3.95. The van der Waals surface area contributed by atoms with Gasteiger partial charge in [0.15, 0.2) is 0 Å². The van der Waals surface area contributed by atoms with Gasteiger partial charge in [-0.1, -0.05) is 33.6 Å². The Morgan fingerprint density at radius 1 is 1.28 bits per heavy atom. The number of nitrogens with zero attached hydrogens (tertiary/aromatic N) is 1. The van der Waals surface area contributed by atoms with Crippen LogP contribution in [0.4, 0.5) is 0 Å². The lowest BCUT2D eigenvalue weighted by molar-refractivity contribution is -0.145. The van der Waals surface area contributed by atoms with Crippen LogP contribution in [0.5, 0.6) is 0 Å². The van der Waals surface area contributed by atoms with Gasteiger partial charge in [0.2, 0.25) is 0 Å². The predicted molar refractivity (Wildman–Crippen MR) is 74.5 cm³/mol. The average molecular weight is 255 g/mol. The van der Waals surface area contributed by atoms with Crippen LogP contribution in [0, 0.1) is 11.8 Å². The molecule has 0 N–H and O–H groups in total. The van der Waals surface area contributed by atoms with Gasteiger partial charge in [-0.15, -0.1) is 0 Å². The number of methoxy groups -OCH3 is 1. The van der Waals surface area contributed by atoms with Crippen molar-refractivity contribution in [2.24, 2.45) is 11.8 Å². The molecule has 18 heavy (non-hydrogen) atoms. The second-order valence-corrected chi connectivity index (χ2v) is 6.04. The molecule has 0 radical (unpaired) electrons.